The molecule has 2 atom stereocenters. The lowest BCUT2D eigenvalue weighted by Crippen LogP contribution is -2.25. The molecule has 0 aromatic heterocycles. The third kappa shape index (κ3) is 2.29. The van der Waals surface area contributed by atoms with Gasteiger partial charge in [-0.15, -0.1) is 0 Å². The molecule has 0 aliphatic carbocycles. The zero-order valence-electron chi connectivity index (χ0n) is 9.10. The van der Waals surface area contributed by atoms with E-state index in [2.05, 4.69) is 15.9 Å². The fourth-order valence-electron chi connectivity index (χ4n) is 2.01. The number of benzene rings is 1. The quantitative estimate of drug-likeness (QED) is 0.466. The number of aliphatic hydroxyl groups excluding tert-OH is 2. The topological polar surface area (TPSA) is 93.6 Å². The molecule has 1 aliphatic rings. The molecular weight excluding hydrogens is 286 g/mol. The molecule has 2 rings (SSSR count). The number of aliphatic hydroxyl groups is 2. The van der Waals surface area contributed by atoms with E-state index in [9.17, 15) is 10.2 Å². The summed E-state index contributed by atoms with van der Waals surface area (Å²) in [4.78, 5) is 1.83. The van der Waals surface area contributed by atoms with Gasteiger partial charge in [0.2, 0.25) is 0 Å². The van der Waals surface area contributed by atoms with Crippen molar-refractivity contribution in [3.8, 4) is 0 Å². The molecule has 6 heteroatoms. The van der Waals surface area contributed by atoms with E-state index in [1.807, 2.05) is 23.1 Å². The van der Waals surface area contributed by atoms with Crippen LogP contribution in [0.15, 0.2) is 22.7 Å². The van der Waals surface area contributed by atoms with Gasteiger partial charge in [-0.05, 0) is 28.1 Å². The number of amidine groups is 1. The predicted molar refractivity (Wildman–Crippen MR) is 69.4 cm³/mol. The van der Waals surface area contributed by atoms with E-state index in [0.717, 1.165) is 10.2 Å². The van der Waals surface area contributed by atoms with E-state index < -0.39 is 12.2 Å². The number of nitrogens with two attached hydrogens (primary N) is 1. The minimum absolute atomic E-state index is 0.0386. The van der Waals surface area contributed by atoms with Crippen LogP contribution in [0.4, 0.5) is 5.69 Å². The van der Waals surface area contributed by atoms with Gasteiger partial charge in [0.15, 0.2) is 0 Å². The average Bonchev–Trinajstić information content (AvgIpc) is 2.58. The van der Waals surface area contributed by atoms with Crippen molar-refractivity contribution in [2.75, 3.05) is 18.0 Å². The van der Waals surface area contributed by atoms with Crippen LogP contribution in [-0.2, 0) is 0 Å². The number of nitrogen functional groups attached to an aromatic ring is 1. The summed E-state index contributed by atoms with van der Waals surface area (Å²) in [5.41, 5.74) is 6.90. The zero-order valence-corrected chi connectivity index (χ0v) is 10.7. The molecule has 0 bridgehead atoms. The third-order valence-electron chi connectivity index (χ3n) is 2.86. The van der Waals surface area contributed by atoms with E-state index >= 15 is 0 Å². The normalized spacial score (nSPS) is 24.1. The summed E-state index contributed by atoms with van der Waals surface area (Å²) in [6, 6.07) is 5.47. The number of anilines is 1. The molecule has 1 aromatic carbocycles. The molecule has 0 spiro atoms. The van der Waals surface area contributed by atoms with Crippen LogP contribution in [0.2, 0.25) is 0 Å². The van der Waals surface area contributed by atoms with E-state index in [-0.39, 0.29) is 5.84 Å². The molecule has 1 aliphatic heterocycles. The van der Waals surface area contributed by atoms with Crippen molar-refractivity contribution in [1.29, 1.82) is 5.41 Å². The van der Waals surface area contributed by atoms with Crippen molar-refractivity contribution in [2.45, 2.75) is 12.2 Å². The van der Waals surface area contributed by atoms with Gasteiger partial charge in [-0.25, -0.2) is 0 Å². The second kappa shape index (κ2) is 4.64. The van der Waals surface area contributed by atoms with E-state index in [4.69, 9.17) is 11.1 Å². The van der Waals surface area contributed by atoms with Crippen molar-refractivity contribution < 1.29 is 10.2 Å². The highest BCUT2D eigenvalue weighted by Crippen LogP contribution is 2.29. The van der Waals surface area contributed by atoms with Gasteiger partial charge in [0.25, 0.3) is 0 Å². The minimum atomic E-state index is -0.756. The van der Waals surface area contributed by atoms with Crippen LogP contribution < -0.4 is 10.6 Å². The Balaban J connectivity index is 2.39. The van der Waals surface area contributed by atoms with Gasteiger partial charge in [0.05, 0.1) is 17.8 Å². The highest BCUT2D eigenvalue weighted by atomic mass is 79.9. The predicted octanol–water partition coefficient (Wildman–Crippen LogP) is 0.275. The second-order valence-electron chi connectivity index (χ2n) is 4.09. The maximum absolute atomic E-state index is 9.54. The van der Waals surface area contributed by atoms with Crippen molar-refractivity contribution in [1.82, 2.24) is 0 Å². The van der Waals surface area contributed by atoms with Crippen molar-refractivity contribution in [3.05, 3.63) is 28.2 Å². The molecule has 5 N–H and O–H groups in total. The molecule has 1 aromatic rings. The lowest BCUT2D eigenvalue weighted by Gasteiger charge is -2.21. The number of nitrogens with zero attached hydrogens (tertiary/aromatic N) is 1. The molecule has 2 unspecified atom stereocenters. The van der Waals surface area contributed by atoms with Crippen LogP contribution in [-0.4, -0.2) is 41.3 Å². The Morgan fingerprint density at radius 1 is 1.35 bits per heavy atom. The van der Waals surface area contributed by atoms with Gasteiger partial charge >= 0.3 is 0 Å². The molecule has 1 saturated heterocycles. The van der Waals surface area contributed by atoms with Gasteiger partial charge < -0.3 is 20.8 Å². The van der Waals surface area contributed by atoms with E-state index in [1.54, 1.807) is 0 Å². The van der Waals surface area contributed by atoms with E-state index in [0.29, 0.717) is 18.7 Å². The Labute approximate surface area is 107 Å². The lowest BCUT2D eigenvalue weighted by molar-refractivity contribution is 0.0572. The highest BCUT2D eigenvalue weighted by Gasteiger charge is 2.31. The summed E-state index contributed by atoms with van der Waals surface area (Å²) < 4.78 is 0.735. The molecular formula is C11H14BrN3O2. The maximum Gasteiger partial charge on any atom is 0.126 e. The van der Waals surface area contributed by atoms with Gasteiger partial charge in [-0.3, -0.25) is 5.41 Å². The van der Waals surface area contributed by atoms with Crippen LogP contribution in [0.5, 0.6) is 0 Å². The number of β-amino-alcohol motifs (C(OH)–C–C–N with tert-alkyl or cyclic N) is 2. The number of rotatable bonds is 2. The molecule has 1 fully saturated rings. The Morgan fingerprint density at radius 3 is 2.47 bits per heavy atom. The van der Waals surface area contributed by atoms with Gasteiger partial charge in [-0.1, -0.05) is 6.07 Å². The Morgan fingerprint density at radius 2 is 1.94 bits per heavy atom. The second-order valence-corrected chi connectivity index (χ2v) is 4.94. The molecule has 92 valence electrons. The SMILES string of the molecule is N=C(N)c1c(Br)cccc1N1CC(O)C(O)C1. The first-order valence-corrected chi connectivity index (χ1v) is 6.04. The monoisotopic (exact) mass is 299 g/mol. The third-order valence-corrected chi connectivity index (χ3v) is 3.52. The van der Waals surface area contributed by atoms with Crippen LogP contribution in [0.1, 0.15) is 5.56 Å². The van der Waals surface area contributed by atoms with Crippen molar-refractivity contribution in [2.24, 2.45) is 5.73 Å². The van der Waals surface area contributed by atoms with E-state index in [1.165, 1.54) is 0 Å². The maximum atomic E-state index is 9.54. The van der Waals surface area contributed by atoms with Crippen LogP contribution in [0, 0.1) is 5.41 Å². The molecule has 1 heterocycles. The number of nitrogens with one attached hydrogen (secondary N) is 1. The lowest BCUT2D eigenvalue weighted by atomic mass is 10.1. The largest absolute Gasteiger partial charge is 0.389 e. The van der Waals surface area contributed by atoms with Gasteiger partial charge in [-0.2, -0.15) is 0 Å². The van der Waals surface area contributed by atoms with Crippen molar-refractivity contribution >= 4 is 27.5 Å². The van der Waals surface area contributed by atoms with Crippen LogP contribution in [0.25, 0.3) is 0 Å². The average molecular weight is 300 g/mol. The Bertz CT molecular complexity index is 442. The summed E-state index contributed by atoms with van der Waals surface area (Å²) in [6.45, 7) is 0.690. The first-order valence-electron chi connectivity index (χ1n) is 5.24. The highest BCUT2D eigenvalue weighted by molar-refractivity contribution is 9.10. The fraction of sp³-hybridized carbons (Fsp3) is 0.364. The van der Waals surface area contributed by atoms with Gasteiger partial charge in [0.1, 0.15) is 5.84 Å². The molecule has 5 nitrogen and oxygen atoms in total. The van der Waals surface area contributed by atoms with Crippen LogP contribution in [0.3, 0.4) is 0 Å². The van der Waals surface area contributed by atoms with Crippen molar-refractivity contribution in [3.63, 3.8) is 0 Å². The number of hydrogen-bond acceptors (Lipinski definition) is 4. The fourth-order valence-corrected chi connectivity index (χ4v) is 2.58. The summed E-state index contributed by atoms with van der Waals surface area (Å²) >= 11 is 3.35. The zero-order chi connectivity index (χ0) is 12.6. The summed E-state index contributed by atoms with van der Waals surface area (Å²) in [5.74, 6) is -0.0386. The molecule has 0 radical (unpaired) electrons. The molecule has 0 saturated carbocycles. The van der Waals surface area contributed by atoms with Crippen LogP contribution >= 0.6 is 15.9 Å². The first-order chi connectivity index (χ1) is 8.00. The summed E-state index contributed by atoms with van der Waals surface area (Å²) in [5, 5.41) is 26.7. The summed E-state index contributed by atoms with van der Waals surface area (Å²) in [6.07, 6.45) is -1.51. The molecule has 17 heavy (non-hydrogen) atoms. The molecule has 0 amide bonds. The first kappa shape index (κ1) is 12.3. The Kier molecular flexibility index (Phi) is 3.37. The minimum Gasteiger partial charge on any atom is -0.389 e. The smallest absolute Gasteiger partial charge is 0.126 e. The number of hydrogen-bond donors (Lipinski definition) is 4. The van der Waals surface area contributed by atoms with Gasteiger partial charge in [0, 0.05) is 23.2 Å². The number of halogens is 1. The summed E-state index contributed by atoms with van der Waals surface area (Å²) in [7, 11) is 0. The standard InChI is InChI=1S/C11H14BrN3O2/c12-6-2-1-3-7(10(6)11(13)14)15-4-8(16)9(17)5-15/h1-3,8-9,16-17H,4-5H2,(H3,13,14). The Hall–Kier alpha value is -1.11.